The fraction of sp³-hybridized carbons (Fsp3) is 0.217. The summed E-state index contributed by atoms with van der Waals surface area (Å²) in [6.45, 7) is 1.99. The fourth-order valence-corrected chi connectivity index (χ4v) is 3.84. The van der Waals surface area contributed by atoms with Crippen LogP contribution in [-0.4, -0.2) is 29.3 Å². The predicted molar refractivity (Wildman–Crippen MR) is 115 cm³/mol. The van der Waals surface area contributed by atoms with E-state index in [1.807, 2.05) is 6.92 Å². The molecule has 0 bridgehead atoms. The van der Waals surface area contributed by atoms with E-state index in [0.29, 0.717) is 52.6 Å². The molecule has 0 saturated carbocycles. The first-order valence-corrected chi connectivity index (χ1v) is 10.2. The number of carbonyl (C=O) groups is 2. The molecule has 3 heterocycles. The third kappa shape index (κ3) is 3.68. The molecular formula is C23H20N4O5. The number of aromatic nitrogens is 1. The first-order valence-electron chi connectivity index (χ1n) is 10.2. The van der Waals surface area contributed by atoms with Crippen molar-refractivity contribution >= 4 is 23.2 Å². The zero-order valence-electron chi connectivity index (χ0n) is 17.3. The van der Waals surface area contributed by atoms with Gasteiger partial charge in [-0.1, -0.05) is 0 Å². The van der Waals surface area contributed by atoms with E-state index in [1.54, 1.807) is 42.7 Å². The van der Waals surface area contributed by atoms with Gasteiger partial charge in [-0.25, -0.2) is 5.43 Å². The number of amides is 2. The first-order chi connectivity index (χ1) is 15.6. The summed E-state index contributed by atoms with van der Waals surface area (Å²) in [6, 6.07) is 8.42. The Morgan fingerprint density at radius 2 is 1.84 bits per heavy atom. The second-order valence-corrected chi connectivity index (χ2v) is 7.47. The highest BCUT2D eigenvalue weighted by Crippen LogP contribution is 2.35. The summed E-state index contributed by atoms with van der Waals surface area (Å²) in [5.41, 5.74) is 5.79. The van der Waals surface area contributed by atoms with Gasteiger partial charge in [-0.15, -0.1) is 0 Å². The second kappa shape index (κ2) is 8.18. The molecule has 2 aromatic heterocycles. The Labute approximate surface area is 183 Å². The third-order valence-corrected chi connectivity index (χ3v) is 5.40. The van der Waals surface area contributed by atoms with Crippen molar-refractivity contribution in [3.05, 3.63) is 70.9 Å². The molecule has 162 valence electrons. The van der Waals surface area contributed by atoms with Gasteiger partial charge < -0.3 is 19.2 Å². The number of fused-ring (bicyclic) bond motifs is 2. The van der Waals surface area contributed by atoms with E-state index in [0.717, 1.165) is 12.0 Å². The van der Waals surface area contributed by atoms with Crippen molar-refractivity contribution in [1.82, 2.24) is 10.4 Å². The number of hydrogen-bond donors (Lipinski definition) is 2. The number of rotatable bonds is 4. The van der Waals surface area contributed by atoms with E-state index in [4.69, 9.17) is 13.9 Å². The first kappa shape index (κ1) is 19.8. The van der Waals surface area contributed by atoms with Crippen molar-refractivity contribution in [2.75, 3.05) is 12.1 Å². The Bertz CT molecular complexity index is 1230. The monoisotopic (exact) mass is 432 g/mol. The lowest BCUT2D eigenvalue weighted by Gasteiger charge is -2.13. The molecule has 0 spiro atoms. The van der Waals surface area contributed by atoms with Crippen molar-refractivity contribution in [3.63, 3.8) is 0 Å². The summed E-state index contributed by atoms with van der Waals surface area (Å²) in [6.07, 6.45) is 5.28. The van der Waals surface area contributed by atoms with Crippen LogP contribution in [0, 0.1) is 6.92 Å². The lowest BCUT2D eigenvalue weighted by Crippen LogP contribution is -2.22. The number of furan rings is 1. The van der Waals surface area contributed by atoms with E-state index in [-0.39, 0.29) is 24.4 Å². The van der Waals surface area contributed by atoms with Gasteiger partial charge in [0.25, 0.3) is 11.8 Å². The van der Waals surface area contributed by atoms with E-state index in [1.165, 1.54) is 0 Å². The Balaban J connectivity index is 1.37. The smallest absolute Gasteiger partial charge is 0.291 e. The molecule has 0 radical (unpaired) electrons. The summed E-state index contributed by atoms with van der Waals surface area (Å²) in [5, 5.41) is 7.17. The van der Waals surface area contributed by atoms with Crippen molar-refractivity contribution in [2.24, 2.45) is 5.10 Å². The highest BCUT2D eigenvalue weighted by Gasteiger charge is 2.28. The van der Waals surface area contributed by atoms with E-state index in [9.17, 15) is 9.59 Å². The van der Waals surface area contributed by atoms with Gasteiger partial charge in [-0.2, -0.15) is 5.10 Å². The topological polar surface area (TPSA) is 115 Å². The highest BCUT2D eigenvalue weighted by atomic mass is 16.7. The van der Waals surface area contributed by atoms with Crippen LogP contribution in [0.4, 0.5) is 5.69 Å². The molecular weight excluding hydrogens is 412 g/mol. The average molecular weight is 432 g/mol. The summed E-state index contributed by atoms with van der Waals surface area (Å²) in [5.74, 6) is 1.45. The lowest BCUT2D eigenvalue weighted by atomic mass is 9.93. The molecule has 1 aliphatic carbocycles. The van der Waals surface area contributed by atoms with Crippen LogP contribution < -0.4 is 20.2 Å². The van der Waals surface area contributed by atoms with Gasteiger partial charge in [0.1, 0.15) is 5.76 Å². The van der Waals surface area contributed by atoms with Gasteiger partial charge in [0.05, 0.1) is 5.71 Å². The normalized spacial score (nSPS) is 15.3. The van der Waals surface area contributed by atoms with Gasteiger partial charge in [0.15, 0.2) is 17.3 Å². The van der Waals surface area contributed by atoms with Crippen LogP contribution >= 0.6 is 0 Å². The van der Waals surface area contributed by atoms with Crippen LogP contribution in [0.25, 0.3) is 0 Å². The Morgan fingerprint density at radius 1 is 1.03 bits per heavy atom. The minimum absolute atomic E-state index is 0.163. The number of nitrogens with zero attached hydrogens (tertiary/aromatic N) is 2. The van der Waals surface area contributed by atoms with Gasteiger partial charge in [-0.3, -0.25) is 14.6 Å². The van der Waals surface area contributed by atoms with Crippen LogP contribution in [-0.2, 0) is 6.42 Å². The van der Waals surface area contributed by atoms with Crippen LogP contribution in [0.5, 0.6) is 11.5 Å². The Hall–Kier alpha value is -4.14. The maximum absolute atomic E-state index is 12.9. The molecule has 2 N–H and O–H groups in total. The number of hydrogen-bond acceptors (Lipinski definition) is 7. The van der Waals surface area contributed by atoms with Crippen molar-refractivity contribution in [2.45, 2.75) is 26.2 Å². The van der Waals surface area contributed by atoms with Crippen LogP contribution in [0.3, 0.4) is 0 Å². The highest BCUT2D eigenvalue weighted by molar-refractivity contribution is 6.09. The molecule has 32 heavy (non-hydrogen) atoms. The minimum Gasteiger partial charge on any atom is -0.455 e. The van der Waals surface area contributed by atoms with Crippen LogP contribution in [0.15, 0.2) is 52.2 Å². The van der Waals surface area contributed by atoms with Crippen molar-refractivity contribution in [1.29, 1.82) is 0 Å². The van der Waals surface area contributed by atoms with E-state index < -0.39 is 0 Å². The average Bonchev–Trinajstić information content (AvgIpc) is 3.42. The number of anilines is 1. The van der Waals surface area contributed by atoms with Crippen molar-refractivity contribution in [3.8, 4) is 11.5 Å². The minimum atomic E-state index is -0.365. The number of nitrogens with one attached hydrogen (secondary N) is 2. The number of hydrazone groups is 1. The predicted octanol–water partition coefficient (Wildman–Crippen LogP) is 3.43. The standard InChI is InChI=1S/C23H20N4O5/c1-13-20-16(26-27-22(28)14-7-9-24-10-8-14)3-2-4-18(20)32-21(13)23(29)25-15-5-6-17-19(11-15)31-12-30-17/h5-11H,2-4,12H2,1H3,(H,25,29)(H,27,28)/b26-16+. The van der Waals surface area contributed by atoms with Crippen molar-refractivity contribution < 1.29 is 23.5 Å². The molecule has 9 nitrogen and oxygen atoms in total. The number of pyridine rings is 1. The fourth-order valence-electron chi connectivity index (χ4n) is 3.84. The molecule has 5 rings (SSSR count). The summed E-state index contributed by atoms with van der Waals surface area (Å²) < 4.78 is 16.6. The molecule has 3 aromatic rings. The maximum atomic E-state index is 12.9. The molecule has 0 unspecified atom stereocenters. The van der Waals surface area contributed by atoms with Gasteiger partial charge in [0, 0.05) is 47.3 Å². The molecule has 0 atom stereocenters. The van der Waals surface area contributed by atoms with Crippen LogP contribution in [0.1, 0.15) is 50.6 Å². The van der Waals surface area contributed by atoms with E-state index in [2.05, 4.69) is 20.8 Å². The molecule has 1 aromatic carbocycles. The second-order valence-electron chi connectivity index (χ2n) is 7.47. The zero-order chi connectivity index (χ0) is 22.1. The summed E-state index contributed by atoms with van der Waals surface area (Å²) >= 11 is 0. The molecule has 9 heteroatoms. The molecule has 2 amide bonds. The number of benzene rings is 1. The SMILES string of the molecule is Cc1c(C(=O)Nc2ccc3c(c2)OCO3)oc2c1/C(=N/NC(=O)c1ccncc1)CCC2. The Morgan fingerprint density at radius 3 is 2.69 bits per heavy atom. The van der Waals surface area contributed by atoms with Gasteiger partial charge in [-0.05, 0) is 44.0 Å². The molecule has 2 aliphatic rings. The summed E-state index contributed by atoms with van der Waals surface area (Å²) in [7, 11) is 0. The largest absolute Gasteiger partial charge is 0.455 e. The molecule has 1 aliphatic heterocycles. The van der Waals surface area contributed by atoms with E-state index >= 15 is 0 Å². The molecule has 0 fully saturated rings. The number of carbonyl (C=O) groups excluding carboxylic acids is 2. The lowest BCUT2D eigenvalue weighted by molar-refractivity contribution is 0.0953. The zero-order valence-corrected chi connectivity index (χ0v) is 17.3. The number of aryl methyl sites for hydroxylation is 1. The van der Waals surface area contributed by atoms with Gasteiger partial charge >= 0.3 is 0 Å². The quantitative estimate of drug-likeness (QED) is 0.611. The van der Waals surface area contributed by atoms with Crippen LogP contribution in [0.2, 0.25) is 0 Å². The molecule has 0 saturated heterocycles. The number of ether oxygens (including phenoxy) is 2. The van der Waals surface area contributed by atoms with Gasteiger partial charge in [0.2, 0.25) is 6.79 Å². The Kier molecular flexibility index (Phi) is 5.06. The summed E-state index contributed by atoms with van der Waals surface area (Å²) in [4.78, 5) is 29.2. The third-order valence-electron chi connectivity index (χ3n) is 5.40. The maximum Gasteiger partial charge on any atom is 0.291 e.